The van der Waals surface area contributed by atoms with Crippen LogP contribution in [0.25, 0.3) is 0 Å². The summed E-state index contributed by atoms with van der Waals surface area (Å²) in [5.74, 6) is 4.98. The summed E-state index contributed by atoms with van der Waals surface area (Å²) in [5, 5.41) is 0. The molecule has 0 spiro atoms. The molecule has 0 N–H and O–H groups in total. The van der Waals surface area contributed by atoms with Crippen molar-refractivity contribution >= 4 is 5.78 Å². The van der Waals surface area contributed by atoms with E-state index in [0.29, 0.717) is 0 Å². The van der Waals surface area contributed by atoms with Crippen molar-refractivity contribution in [2.45, 2.75) is 27.7 Å². The van der Waals surface area contributed by atoms with Gasteiger partial charge in [-0.3, -0.25) is 4.79 Å². The van der Waals surface area contributed by atoms with Gasteiger partial charge in [-0.25, -0.2) is 0 Å². The average molecular weight is 136 g/mol. The molecule has 0 radical (unpaired) electrons. The van der Waals surface area contributed by atoms with Gasteiger partial charge in [0.05, 0.1) is 0 Å². The van der Waals surface area contributed by atoms with Crippen LogP contribution in [0.5, 0.6) is 0 Å². The first-order valence-corrected chi connectivity index (χ1v) is 3.20. The summed E-state index contributed by atoms with van der Waals surface area (Å²) < 4.78 is 0. The Morgan fingerprint density at radius 2 is 1.70 bits per heavy atom. The lowest BCUT2D eigenvalue weighted by molar-refractivity contribution is -0.110. The topological polar surface area (TPSA) is 17.1 Å². The van der Waals surface area contributed by atoms with Gasteiger partial charge in [0.1, 0.15) is 0 Å². The second-order valence-corrected chi connectivity index (χ2v) is 2.33. The first kappa shape index (κ1) is 8.97. The van der Waals surface area contributed by atoms with Gasteiger partial charge in [-0.15, -0.1) is 0 Å². The van der Waals surface area contributed by atoms with Gasteiger partial charge in [0, 0.05) is 5.57 Å². The molecule has 0 saturated carbocycles. The van der Waals surface area contributed by atoms with Crippen LogP contribution in [0.3, 0.4) is 0 Å². The minimum Gasteiger partial charge on any atom is -0.280 e. The van der Waals surface area contributed by atoms with E-state index in [-0.39, 0.29) is 5.78 Å². The van der Waals surface area contributed by atoms with E-state index in [1.54, 1.807) is 13.8 Å². The summed E-state index contributed by atoms with van der Waals surface area (Å²) >= 11 is 0. The van der Waals surface area contributed by atoms with E-state index >= 15 is 0 Å². The highest BCUT2D eigenvalue weighted by Gasteiger charge is 1.99. The van der Waals surface area contributed by atoms with Gasteiger partial charge >= 0.3 is 0 Å². The smallest absolute Gasteiger partial charge is 0.231 e. The molecule has 0 amide bonds. The lowest BCUT2D eigenvalue weighted by atomic mass is 10.1. The van der Waals surface area contributed by atoms with Crippen molar-refractivity contribution in [3.63, 3.8) is 0 Å². The molecule has 10 heavy (non-hydrogen) atoms. The number of rotatable bonds is 1. The minimum atomic E-state index is -0.0671. The number of carbonyl (C=O) groups excluding carboxylic acids is 1. The van der Waals surface area contributed by atoms with Crippen LogP contribution in [0.4, 0.5) is 0 Å². The van der Waals surface area contributed by atoms with Crippen LogP contribution in [0.2, 0.25) is 0 Å². The van der Waals surface area contributed by atoms with Crippen LogP contribution in [0.15, 0.2) is 11.1 Å². The molecule has 0 aromatic carbocycles. The predicted octanol–water partition coefficient (Wildman–Crippen LogP) is 1.94. The molecule has 0 aromatic rings. The molecular weight excluding hydrogens is 124 g/mol. The van der Waals surface area contributed by atoms with E-state index in [1.807, 2.05) is 13.8 Å². The third kappa shape index (κ3) is 2.50. The van der Waals surface area contributed by atoms with Crippen molar-refractivity contribution in [3.05, 3.63) is 11.1 Å². The summed E-state index contributed by atoms with van der Waals surface area (Å²) in [6.45, 7) is 7.27. The Morgan fingerprint density at radius 1 is 1.20 bits per heavy atom. The maximum Gasteiger partial charge on any atom is 0.231 e. The van der Waals surface area contributed by atoms with E-state index in [2.05, 4.69) is 11.8 Å². The van der Waals surface area contributed by atoms with E-state index in [1.165, 1.54) is 0 Å². The molecule has 0 saturated heterocycles. The summed E-state index contributed by atoms with van der Waals surface area (Å²) in [7, 11) is 0. The van der Waals surface area contributed by atoms with Gasteiger partial charge in [-0.05, 0) is 33.6 Å². The number of hydrogen-bond donors (Lipinski definition) is 0. The van der Waals surface area contributed by atoms with Crippen molar-refractivity contribution in [1.82, 2.24) is 0 Å². The van der Waals surface area contributed by atoms with E-state index in [9.17, 15) is 4.79 Å². The first-order valence-electron chi connectivity index (χ1n) is 3.20. The zero-order valence-corrected chi connectivity index (χ0v) is 6.91. The fraction of sp³-hybridized carbons (Fsp3) is 0.444. The zero-order valence-electron chi connectivity index (χ0n) is 6.91. The highest BCUT2D eigenvalue weighted by Crippen LogP contribution is 2.01. The lowest BCUT2D eigenvalue weighted by Crippen LogP contribution is -1.96. The van der Waals surface area contributed by atoms with Crippen molar-refractivity contribution in [2.24, 2.45) is 0 Å². The van der Waals surface area contributed by atoms with Crippen LogP contribution >= 0.6 is 0 Å². The summed E-state index contributed by atoms with van der Waals surface area (Å²) in [5.41, 5.74) is 1.79. The summed E-state index contributed by atoms with van der Waals surface area (Å²) in [6.07, 6.45) is 0. The second kappa shape index (κ2) is 3.90. The summed E-state index contributed by atoms with van der Waals surface area (Å²) in [4.78, 5) is 11.0. The fourth-order valence-electron chi connectivity index (χ4n) is 0.434. The van der Waals surface area contributed by atoms with Crippen LogP contribution in [0, 0.1) is 11.8 Å². The van der Waals surface area contributed by atoms with Crippen molar-refractivity contribution in [2.75, 3.05) is 0 Å². The first-order chi connectivity index (χ1) is 4.59. The molecule has 0 unspecified atom stereocenters. The monoisotopic (exact) mass is 136 g/mol. The molecule has 1 nitrogen and oxygen atoms in total. The Balaban J connectivity index is 4.49. The van der Waals surface area contributed by atoms with E-state index in [0.717, 1.165) is 11.1 Å². The Bertz CT molecular complexity index is 219. The number of ketones is 1. The van der Waals surface area contributed by atoms with Crippen molar-refractivity contribution in [3.8, 4) is 11.8 Å². The Hall–Kier alpha value is -1.03. The van der Waals surface area contributed by atoms with Gasteiger partial charge in [-0.2, -0.15) is 0 Å². The maximum atomic E-state index is 11.0. The lowest BCUT2D eigenvalue weighted by Gasteiger charge is -1.93. The second-order valence-electron chi connectivity index (χ2n) is 2.33. The predicted molar refractivity (Wildman–Crippen MR) is 42.5 cm³/mol. The number of carbonyl (C=O) groups is 1. The molecule has 0 heterocycles. The standard InChI is InChI=1S/C9H12O/c1-5-6-9(10)8(4)7(2)3/h1-4H3. The largest absolute Gasteiger partial charge is 0.280 e. The number of allylic oxidation sites excluding steroid dienone is 2. The Kier molecular flexibility index (Phi) is 3.49. The minimum absolute atomic E-state index is 0.0671. The van der Waals surface area contributed by atoms with Crippen LogP contribution in [-0.4, -0.2) is 5.78 Å². The normalized spacial score (nSPS) is 7.60. The molecule has 0 aliphatic rings. The number of Topliss-reactive ketones (excluding diaryl/α,β-unsaturated/α-hetero) is 1. The van der Waals surface area contributed by atoms with Crippen LogP contribution in [0.1, 0.15) is 27.7 Å². The molecule has 1 heteroatoms. The van der Waals surface area contributed by atoms with Crippen molar-refractivity contribution in [1.29, 1.82) is 0 Å². The Morgan fingerprint density at radius 3 is 2.00 bits per heavy atom. The molecule has 0 bridgehead atoms. The molecular formula is C9H12O. The van der Waals surface area contributed by atoms with Crippen molar-refractivity contribution < 1.29 is 4.79 Å². The van der Waals surface area contributed by atoms with Crippen LogP contribution < -0.4 is 0 Å². The SMILES string of the molecule is CC#CC(=O)C(C)=C(C)C. The highest BCUT2D eigenvalue weighted by molar-refractivity contribution is 6.08. The molecule has 54 valence electrons. The molecule has 0 atom stereocenters. The molecule has 0 rings (SSSR count). The molecule has 0 aromatic heterocycles. The highest BCUT2D eigenvalue weighted by atomic mass is 16.1. The zero-order chi connectivity index (χ0) is 8.15. The van der Waals surface area contributed by atoms with Gasteiger partial charge in [0.25, 0.3) is 0 Å². The summed E-state index contributed by atoms with van der Waals surface area (Å²) in [6, 6.07) is 0. The quantitative estimate of drug-likeness (QED) is 0.306. The third-order valence-electron chi connectivity index (χ3n) is 1.33. The Labute approximate surface area is 62.1 Å². The third-order valence-corrected chi connectivity index (χ3v) is 1.33. The van der Waals surface area contributed by atoms with E-state index in [4.69, 9.17) is 0 Å². The van der Waals surface area contributed by atoms with Gasteiger partial charge in [-0.1, -0.05) is 11.5 Å². The van der Waals surface area contributed by atoms with Gasteiger partial charge in [0.2, 0.25) is 5.78 Å². The molecule has 0 fully saturated rings. The van der Waals surface area contributed by atoms with Gasteiger partial charge < -0.3 is 0 Å². The van der Waals surface area contributed by atoms with Crippen LogP contribution in [-0.2, 0) is 4.79 Å². The molecule has 0 aliphatic heterocycles. The van der Waals surface area contributed by atoms with Gasteiger partial charge in [0.15, 0.2) is 0 Å². The van der Waals surface area contributed by atoms with E-state index < -0.39 is 0 Å². The molecule has 0 aliphatic carbocycles. The fourth-order valence-corrected chi connectivity index (χ4v) is 0.434. The maximum absolute atomic E-state index is 11.0. The average Bonchev–Trinajstić information content (AvgIpc) is 1.87. The number of hydrogen-bond acceptors (Lipinski definition) is 1.